The Hall–Kier alpha value is -1.87. The molecule has 1 aliphatic heterocycles. The van der Waals surface area contributed by atoms with Crippen LogP contribution in [0.1, 0.15) is 56.1 Å². The molecule has 1 aromatic heterocycles. The van der Waals surface area contributed by atoms with Crippen LogP contribution < -0.4 is 0 Å². The van der Waals surface area contributed by atoms with Crippen LogP contribution in [0.25, 0.3) is 11.3 Å². The molecule has 1 aromatic carbocycles. The van der Waals surface area contributed by atoms with Gasteiger partial charge in [-0.2, -0.15) is 0 Å². The zero-order chi connectivity index (χ0) is 19.4. The molecule has 0 radical (unpaired) electrons. The fraction of sp³-hybridized carbons (Fsp3) is 0.478. The number of halogens is 1. The smallest absolute Gasteiger partial charge is 0.272 e. The minimum absolute atomic E-state index is 0.0647. The number of carbonyl (C=O) groups is 1. The van der Waals surface area contributed by atoms with Gasteiger partial charge < -0.3 is 4.90 Å². The van der Waals surface area contributed by atoms with Crippen LogP contribution in [0.2, 0.25) is 5.02 Å². The highest BCUT2D eigenvalue weighted by Crippen LogP contribution is 2.52. The van der Waals surface area contributed by atoms with E-state index in [2.05, 4.69) is 25.7 Å². The highest BCUT2D eigenvalue weighted by molar-refractivity contribution is 6.30. The first-order chi connectivity index (χ1) is 12.7. The number of hydrogen-bond acceptors (Lipinski definition) is 2. The molecule has 27 heavy (non-hydrogen) atoms. The van der Waals surface area contributed by atoms with Crippen LogP contribution in [0.5, 0.6) is 0 Å². The van der Waals surface area contributed by atoms with Gasteiger partial charge in [0.05, 0.1) is 5.69 Å². The minimum atomic E-state index is 0.0647. The predicted molar refractivity (Wildman–Crippen MR) is 110 cm³/mol. The maximum atomic E-state index is 13.3. The molecule has 2 aromatic rings. The molecule has 4 heteroatoms. The molecule has 2 heterocycles. The standard InChI is InChI=1S/C23H27ClN2O/c1-15-10-16(24)8-9-18(15)19-6-5-7-20(25-19)21(27)26-14-23(4)12-17(26)11-22(2,3)13-23/h5-10,17H,11-14H2,1-4H3/t17-,23-/m1/s1. The number of aromatic nitrogens is 1. The Morgan fingerprint density at radius 2 is 1.96 bits per heavy atom. The number of fused-ring (bicyclic) bond motifs is 2. The zero-order valence-electron chi connectivity index (χ0n) is 16.6. The lowest BCUT2D eigenvalue weighted by atomic mass is 9.65. The number of amides is 1. The average molecular weight is 383 g/mol. The van der Waals surface area contributed by atoms with E-state index in [0.29, 0.717) is 22.2 Å². The summed E-state index contributed by atoms with van der Waals surface area (Å²) in [4.78, 5) is 20.1. The van der Waals surface area contributed by atoms with Crippen molar-refractivity contribution in [3.8, 4) is 11.3 Å². The predicted octanol–water partition coefficient (Wildman–Crippen LogP) is 5.75. The van der Waals surface area contributed by atoms with Gasteiger partial charge in [0, 0.05) is 23.2 Å². The molecule has 1 saturated carbocycles. The average Bonchev–Trinajstić information content (AvgIpc) is 2.83. The topological polar surface area (TPSA) is 33.2 Å². The van der Waals surface area contributed by atoms with E-state index < -0.39 is 0 Å². The molecule has 0 N–H and O–H groups in total. The van der Waals surface area contributed by atoms with E-state index in [0.717, 1.165) is 36.2 Å². The van der Waals surface area contributed by atoms with Crippen LogP contribution in [0.15, 0.2) is 36.4 Å². The molecule has 4 rings (SSSR count). The van der Waals surface area contributed by atoms with Gasteiger partial charge in [0.2, 0.25) is 0 Å². The molecule has 2 aliphatic rings. The second-order valence-electron chi connectivity index (χ2n) is 9.51. The summed E-state index contributed by atoms with van der Waals surface area (Å²) in [5, 5.41) is 0.712. The summed E-state index contributed by atoms with van der Waals surface area (Å²) in [5.74, 6) is 0.0647. The van der Waals surface area contributed by atoms with Crippen molar-refractivity contribution in [1.29, 1.82) is 0 Å². The van der Waals surface area contributed by atoms with Gasteiger partial charge in [0.25, 0.3) is 5.91 Å². The van der Waals surface area contributed by atoms with Crippen molar-refractivity contribution >= 4 is 17.5 Å². The minimum Gasteiger partial charge on any atom is -0.334 e. The molecule has 1 saturated heterocycles. The largest absolute Gasteiger partial charge is 0.334 e. The van der Waals surface area contributed by atoms with Crippen molar-refractivity contribution in [3.63, 3.8) is 0 Å². The molecule has 1 amide bonds. The van der Waals surface area contributed by atoms with Gasteiger partial charge in [-0.3, -0.25) is 4.79 Å². The Balaban J connectivity index is 1.64. The highest BCUT2D eigenvalue weighted by Gasteiger charge is 2.51. The summed E-state index contributed by atoms with van der Waals surface area (Å²) in [6, 6.07) is 11.8. The number of rotatable bonds is 2. The summed E-state index contributed by atoms with van der Waals surface area (Å²) < 4.78 is 0. The van der Waals surface area contributed by atoms with E-state index in [1.807, 2.05) is 43.3 Å². The van der Waals surface area contributed by atoms with Gasteiger partial charge in [-0.1, -0.05) is 44.5 Å². The molecule has 0 spiro atoms. The number of hydrogen-bond donors (Lipinski definition) is 0. The summed E-state index contributed by atoms with van der Waals surface area (Å²) >= 11 is 6.08. The van der Waals surface area contributed by atoms with E-state index in [-0.39, 0.29) is 11.3 Å². The van der Waals surface area contributed by atoms with Crippen molar-refractivity contribution in [2.75, 3.05) is 6.54 Å². The second-order valence-corrected chi connectivity index (χ2v) is 9.95. The maximum Gasteiger partial charge on any atom is 0.272 e. The molecular weight excluding hydrogens is 356 g/mol. The monoisotopic (exact) mass is 382 g/mol. The second kappa shape index (κ2) is 6.34. The van der Waals surface area contributed by atoms with Crippen molar-refractivity contribution in [1.82, 2.24) is 9.88 Å². The van der Waals surface area contributed by atoms with Crippen LogP contribution in [-0.2, 0) is 0 Å². The van der Waals surface area contributed by atoms with Crippen molar-refractivity contribution in [2.45, 2.75) is 53.0 Å². The van der Waals surface area contributed by atoms with Crippen LogP contribution in [0.4, 0.5) is 0 Å². The Morgan fingerprint density at radius 3 is 2.70 bits per heavy atom. The van der Waals surface area contributed by atoms with Crippen LogP contribution in [0, 0.1) is 17.8 Å². The van der Waals surface area contributed by atoms with Gasteiger partial charge in [-0.05, 0) is 66.8 Å². The van der Waals surface area contributed by atoms with E-state index >= 15 is 0 Å². The first-order valence-corrected chi connectivity index (χ1v) is 10.1. The number of carbonyl (C=O) groups excluding carboxylic acids is 1. The molecular formula is C23H27ClN2O. The molecule has 2 bridgehead atoms. The van der Waals surface area contributed by atoms with Crippen molar-refractivity contribution in [2.24, 2.45) is 10.8 Å². The summed E-state index contributed by atoms with van der Waals surface area (Å²) in [6.07, 6.45) is 3.36. The van der Waals surface area contributed by atoms with E-state index in [4.69, 9.17) is 16.6 Å². The van der Waals surface area contributed by atoms with E-state index in [1.54, 1.807) is 0 Å². The van der Waals surface area contributed by atoms with Crippen molar-refractivity contribution < 1.29 is 4.79 Å². The number of benzene rings is 1. The van der Waals surface area contributed by atoms with Gasteiger partial charge in [-0.25, -0.2) is 4.98 Å². The van der Waals surface area contributed by atoms with Gasteiger partial charge >= 0.3 is 0 Å². The molecule has 1 aliphatic carbocycles. The Labute approximate surface area is 166 Å². The third kappa shape index (κ3) is 3.50. The first-order valence-electron chi connectivity index (χ1n) is 9.70. The summed E-state index contributed by atoms with van der Waals surface area (Å²) in [5.41, 5.74) is 3.96. The normalized spacial score (nSPS) is 26.3. The quantitative estimate of drug-likeness (QED) is 0.662. The Morgan fingerprint density at radius 1 is 1.19 bits per heavy atom. The van der Waals surface area contributed by atoms with Gasteiger partial charge in [0.15, 0.2) is 0 Å². The van der Waals surface area contributed by atoms with Crippen molar-refractivity contribution in [3.05, 3.63) is 52.7 Å². The van der Waals surface area contributed by atoms with Gasteiger partial charge in [0.1, 0.15) is 5.69 Å². The van der Waals surface area contributed by atoms with Gasteiger partial charge in [-0.15, -0.1) is 0 Å². The van der Waals surface area contributed by atoms with E-state index in [1.165, 1.54) is 6.42 Å². The molecule has 2 fully saturated rings. The fourth-order valence-corrected chi connectivity index (χ4v) is 5.69. The maximum absolute atomic E-state index is 13.3. The zero-order valence-corrected chi connectivity index (χ0v) is 17.3. The van der Waals surface area contributed by atoms with E-state index in [9.17, 15) is 4.79 Å². The van der Waals surface area contributed by atoms with Crippen LogP contribution in [0.3, 0.4) is 0 Å². The molecule has 142 valence electrons. The third-order valence-corrected chi connectivity index (χ3v) is 6.34. The molecule has 0 unspecified atom stereocenters. The number of aryl methyl sites for hydroxylation is 1. The third-order valence-electron chi connectivity index (χ3n) is 6.11. The van der Waals surface area contributed by atoms with Crippen LogP contribution in [-0.4, -0.2) is 28.4 Å². The lowest BCUT2D eigenvalue weighted by Crippen LogP contribution is -2.38. The lowest BCUT2D eigenvalue weighted by molar-refractivity contribution is 0.0702. The number of nitrogens with zero attached hydrogens (tertiary/aromatic N) is 2. The Bertz CT molecular complexity index is 907. The number of likely N-dealkylation sites (tertiary alicyclic amines) is 1. The highest BCUT2D eigenvalue weighted by atomic mass is 35.5. The summed E-state index contributed by atoms with van der Waals surface area (Å²) in [6.45, 7) is 9.84. The molecule has 3 nitrogen and oxygen atoms in total. The van der Waals surface area contributed by atoms with Crippen LogP contribution >= 0.6 is 11.6 Å². The summed E-state index contributed by atoms with van der Waals surface area (Å²) in [7, 11) is 0. The SMILES string of the molecule is Cc1cc(Cl)ccc1-c1cccc(C(=O)N2C[C@]3(C)C[C@H]2CC(C)(C)C3)n1. The molecule has 2 atom stereocenters. The lowest BCUT2D eigenvalue weighted by Gasteiger charge is -2.39. The Kier molecular flexibility index (Phi) is 4.34. The fourth-order valence-electron chi connectivity index (χ4n) is 5.46. The number of pyridine rings is 1. The first kappa shape index (κ1) is 18.5.